The van der Waals surface area contributed by atoms with Crippen molar-refractivity contribution < 1.29 is 14.4 Å². The Hall–Kier alpha value is -2.43. The van der Waals surface area contributed by atoms with E-state index in [1.807, 2.05) is 0 Å². The molecule has 0 radical (unpaired) electrons. The Balaban J connectivity index is 2.10. The summed E-state index contributed by atoms with van der Waals surface area (Å²) >= 11 is 0. The smallest absolute Gasteiger partial charge is 0.263 e. The van der Waals surface area contributed by atoms with Gasteiger partial charge in [-0.15, -0.1) is 0 Å². The molecule has 1 aliphatic heterocycles. The van der Waals surface area contributed by atoms with E-state index in [0.29, 0.717) is 16.8 Å². The van der Waals surface area contributed by atoms with Crippen LogP contribution in [0.15, 0.2) is 24.4 Å². The fourth-order valence-corrected chi connectivity index (χ4v) is 2.84. The zero-order valence-corrected chi connectivity index (χ0v) is 10.9. The molecule has 1 fully saturated rings. The Morgan fingerprint density at radius 1 is 1.15 bits per heavy atom. The van der Waals surface area contributed by atoms with Crippen LogP contribution in [-0.2, 0) is 0 Å². The van der Waals surface area contributed by atoms with Crippen molar-refractivity contribution in [2.45, 2.75) is 12.8 Å². The molecule has 5 nitrogen and oxygen atoms in total. The molecule has 2 aromatic heterocycles. The van der Waals surface area contributed by atoms with Crippen molar-refractivity contribution in [1.82, 2.24) is 9.30 Å². The number of amides is 2. The summed E-state index contributed by atoms with van der Waals surface area (Å²) in [4.78, 5) is 38.1. The number of ketones is 1. The minimum atomic E-state index is -0.377. The number of nitrogens with zero attached hydrogens (tertiary/aromatic N) is 2. The molecule has 20 heavy (non-hydrogen) atoms. The van der Waals surface area contributed by atoms with Crippen molar-refractivity contribution in [3.05, 3.63) is 41.2 Å². The maximum absolute atomic E-state index is 12.5. The first-order valence-corrected chi connectivity index (χ1v) is 6.61. The molecule has 0 N–H and O–H groups in total. The van der Waals surface area contributed by atoms with E-state index in [1.54, 1.807) is 28.8 Å². The van der Waals surface area contributed by atoms with Gasteiger partial charge in [-0.25, -0.2) is 0 Å². The molecule has 2 amide bonds. The number of aromatic nitrogens is 1. The summed E-state index contributed by atoms with van der Waals surface area (Å²) in [5.41, 5.74) is 1.65. The predicted octanol–water partition coefficient (Wildman–Crippen LogP) is 1.76. The van der Waals surface area contributed by atoms with Gasteiger partial charge in [0.2, 0.25) is 0 Å². The molecule has 5 heteroatoms. The van der Waals surface area contributed by atoms with Gasteiger partial charge in [0.05, 0.1) is 16.6 Å². The Labute approximate surface area is 114 Å². The Morgan fingerprint density at radius 3 is 2.55 bits per heavy atom. The minimum absolute atomic E-state index is 0.00575. The summed E-state index contributed by atoms with van der Waals surface area (Å²) in [6, 6.07) is 5.37. The molecule has 3 heterocycles. The number of hydrogen-bond donors (Lipinski definition) is 0. The Morgan fingerprint density at radius 2 is 1.85 bits per heavy atom. The lowest BCUT2D eigenvalue weighted by atomic mass is 10.1. The lowest BCUT2D eigenvalue weighted by molar-refractivity contribution is 0.0689. The molecule has 1 aliphatic carbocycles. The molecule has 0 unspecified atom stereocenters. The van der Waals surface area contributed by atoms with E-state index in [9.17, 15) is 14.4 Å². The second kappa shape index (κ2) is 3.56. The predicted molar refractivity (Wildman–Crippen MR) is 70.9 cm³/mol. The van der Waals surface area contributed by atoms with Crippen molar-refractivity contribution in [3.63, 3.8) is 0 Å². The molecular formula is C15H12N2O3. The molecule has 0 bridgehead atoms. The van der Waals surface area contributed by atoms with E-state index in [2.05, 4.69) is 0 Å². The third kappa shape index (κ3) is 1.24. The van der Waals surface area contributed by atoms with Gasteiger partial charge in [0.15, 0.2) is 5.78 Å². The maximum Gasteiger partial charge on any atom is 0.263 e. The van der Waals surface area contributed by atoms with Crippen molar-refractivity contribution in [2.24, 2.45) is 5.92 Å². The maximum atomic E-state index is 12.5. The van der Waals surface area contributed by atoms with Crippen LogP contribution >= 0.6 is 0 Å². The number of hydrogen-bond acceptors (Lipinski definition) is 3. The molecule has 0 aromatic carbocycles. The van der Waals surface area contributed by atoms with Gasteiger partial charge in [-0.05, 0) is 25.0 Å². The average Bonchev–Trinajstić information content (AvgIpc) is 3.21. The summed E-state index contributed by atoms with van der Waals surface area (Å²) in [6.07, 6.45) is 3.47. The first-order valence-electron chi connectivity index (χ1n) is 6.61. The zero-order valence-electron chi connectivity index (χ0n) is 10.9. The fourth-order valence-electron chi connectivity index (χ4n) is 2.84. The average molecular weight is 268 g/mol. The second-order valence-electron chi connectivity index (χ2n) is 5.36. The number of carbonyl (C=O) groups is 3. The zero-order chi connectivity index (χ0) is 14.0. The van der Waals surface area contributed by atoms with Gasteiger partial charge in [-0.2, -0.15) is 0 Å². The number of carbonyl (C=O) groups excluding carboxylic acids is 3. The number of Topliss-reactive ketones (excluding diaryl/α,β-unsaturated/α-hetero) is 1. The number of fused-ring (bicyclic) bond motifs is 3. The standard InChI is InChI=1S/C15H12N2O3/c1-16-14(19)10-9-4-2-3-7-17(9)12(11(10)15(16)20)13(18)8-5-6-8/h2-4,7-8H,5-6H2,1H3. The summed E-state index contributed by atoms with van der Waals surface area (Å²) in [6.45, 7) is 0. The van der Waals surface area contributed by atoms with Crippen LogP contribution in [0.4, 0.5) is 0 Å². The van der Waals surface area contributed by atoms with Gasteiger partial charge >= 0.3 is 0 Å². The Kier molecular flexibility index (Phi) is 2.03. The van der Waals surface area contributed by atoms with Crippen molar-refractivity contribution in [2.75, 3.05) is 7.05 Å². The van der Waals surface area contributed by atoms with Crippen LogP contribution in [0.2, 0.25) is 0 Å². The summed E-state index contributed by atoms with van der Waals surface area (Å²) < 4.78 is 1.69. The summed E-state index contributed by atoms with van der Waals surface area (Å²) in [5.74, 6) is -0.726. The van der Waals surface area contributed by atoms with Crippen LogP contribution in [0.1, 0.15) is 44.0 Å². The van der Waals surface area contributed by atoms with Crippen LogP contribution in [0.25, 0.3) is 5.52 Å². The normalized spacial score (nSPS) is 17.9. The van der Waals surface area contributed by atoms with Crippen LogP contribution < -0.4 is 0 Å². The summed E-state index contributed by atoms with van der Waals surface area (Å²) in [5, 5.41) is 0. The quantitative estimate of drug-likeness (QED) is 0.616. The molecule has 4 rings (SSSR count). The molecule has 100 valence electrons. The Bertz CT molecular complexity index is 799. The molecule has 0 saturated heterocycles. The highest BCUT2D eigenvalue weighted by molar-refractivity contribution is 6.28. The third-order valence-electron chi connectivity index (χ3n) is 4.06. The molecule has 2 aliphatic rings. The van der Waals surface area contributed by atoms with Gasteiger partial charge in [0, 0.05) is 19.2 Å². The molecule has 2 aromatic rings. The van der Waals surface area contributed by atoms with E-state index in [-0.39, 0.29) is 29.1 Å². The van der Waals surface area contributed by atoms with Gasteiger partial charge in [-0.3, -0.25) is 19.3 Å². The van der Waals surface area contributed by atoms with E-state index in [1.165, 1.54) is 7.05 Å². The largest absolute Gasteiger partial charge is 0.312 e. The molecular weight excluding hydrogens is 256 g/mol. The molecule has 0 spiro atoms. The number of imide groups is 1. The second-order valence-corrected chi connectivity index (χ2v) is 5.36. The monoisotopic (exact) mass is 268 g/mol. The van der Waals surface area contributed by atoms with Crippen molar-refractivity contribution in [1.29, 1.82) is 0 Å². The minimum Gasteiger partial charge on any atom is -0.312 e. The summed E-state index contributed by atoms with van der Waals surface area (Å²) in [7, 11) is 1.45. The highest BCUT2D eigenvalue weighted by Crippen LogP contribution is 2.38. The van der Waals surface area contributed by atoms with E-state index in [4.69, 9.17) is 0 Å². The lowest BCUT2D eigenvalue weighted by Crippen LogP contribution is -2.26. The third-order valence-corrected chi connectivity index (χ3v) is 4.06. The van der Waals surface area contributed by atoms with Gasteiger partial charge in [0.1, 0.15) is 5.69 Å². The SMILES string of the molecule is CN1C(=O)c2c(c3ccccn3c2C(=O)C2CC2)C1=O. The first-order chi connectivity index (χ1) is 9.61. The lowest BCUT2D eigenvalue weighted by Gasteiger charge is -2.08. The van der Waals surface area contributed by atoms with Crippen LogP contribution in [0.5, 0.6) is 0 Å². The number of pyridine rings is 1. The van der Waals surface area contributed by atoms with Gasteiger partial charge < -0.3 is 4.40 Å². The van der Waals surface area contributed by atoms with Gasteiger partial charge in [-0.1, -0.05) is 6.07 Å². The van der Waals surface area contributed by atoms with E-state index >= 15 is 0 Å². The highest BCUT2D eigenvalue weighted by atomic mass is 16.2. The number of rotatable bonds is 2. The van der Waals surface area contributed by atoms with Crippen LogP contribution in [0.3, 0.4) is 0 Å². The van der Waals surface area contributed by atoms with E-state index < -0.39 is 0 Å². The first kappa shape index (κ1) is 11.4. The highest BCUT2D eigenvalue weighted by Gasteiger charge is 2.43. The van der Waals surface area contributed by atoms with Crippen LogP contribution in [-0.4, -0.2) is 33.9 Å². The van der Waals surface area contributed by atoms with Crippen molar-refractivity contribution >= 4 is 23.1 Å². The van der Waals surface area contributed by atoms with Crippen molar-refractivity contribution in [3.8, 4) is 0 Å². The molecule has 0 atom stereocenters. The van der Waals surface area contributed by atoms with Crippen LogP contribution in [0, 0.1) is 5.92 Å². The molecule has 1 saturated carbocycles. The topological polar surface area (TPSA) is 58.9 Å². The van der Waals surface area contributed by atoms with Gasteiger partial charge in [0.25, 0.3) is 11.8 Å². The fraction of sp³-hybridized carbons (Fsp3) is 0.267. The van der Waals surface area contributed by atoms with E-state index in [0.717, 1.165) is 17.7 Å².